The van der Waals surface area contributed by atoms with Crippen molar-refractivity contribution in [1.82, 2.24) is 4.57 Å². The van der Waals surface area contributed by atoms with Crippen molar-refractivity contribution in [2.24, 2.45) is 0 Å². The summed E-state index contributed by atoms with van der Waals surface area (Å²) in [6.07, 6.45) is 0. The standard InChI is InChI=1S/C36H22BNO2/c1-2-10-23(11-3-1)24-18-19-28-29-21-25(38-31-15-7-4-12-26(31)27-13-5-8-16-32(27)38)22-35-36(29)37(40-34(28)20-24)30-14-6-9-17-33(30)39-35/h1-22H/i1D,2D,3D,4D,5D,6D,7D,8D,9D,10D,11D,12D,13D,14D,15D,16D,17D,18D,19D,20D,21D,22D. The molecule has 2 aliphatic rings. The van der Waals surface area contributed by atoms with Crippen LogP contribution in [-0.2, 0) is 0 Å². The molecule has 6 aromatic carbocycles. The van der Waals surface area contributed by atoms with Crippen molar-refractivity contribution in [3.05, 3.63) is 133 Å². The van der Waals surface area contributed by atoms with Gasteiger partial charge in [0.2, 0.25) is 0 Å². The number of hydrogen-bond acceptors (Lipinski definition) is 2. The Labute approximate surface area is 262 Å². The molecule has 0 fully saturated rings. The second kappa shape index (κ2) is 8.14. The zero-order chi connectivity index (χ0) is 45.4. The molecule has 7 aromatic rings. The molecule has 0 unspecified atom stereocenters. The molecule has 4 heteroatoms. The van der Waals surface area contributed by atoms with Gasteiger partial charge in [-0.3, -0.25) is 0 Å². The highest BCUT2D eigenvalue weighted by atomic mass is 16.5. The van der Waals surface area contributed by atoms with Crippen molar-refractivity contribution in [2.75, 3.05) is 0 Å². The molecule has 9 rings (SSSR count). The Morgan fingerprint density at radius 1 is 0.550 bits per heavy atom. The number of nitrogens with zero attached hydrogens (tertiary/aromatic N) is 1. The molecule has 0 N–H and O–H groups in total. The fraction of sp³-hybridized carbons (Fsp3) is 0. The fourth-order valence-electron chi connectivity index (χ4n) is 5.00. The van der Waals surface area contributed by atoms with Crippen LogP contribution in [0.25, 0.3) is 49.7 Å². The third-order valence-electron chi connectivity index (χ3n) is 6.67. The van der Waals surface area contributed by atoms with Crippen LogP contribution < -0.4 is 20.3 Å². The van der Waals surface area contributed by atoms with Crippen LogP contribution >= 0.6 is 0 Å². The van der Waals surface area contributed by atoms with Crippen molar-refractivity contribution in [1.29, 1.82) is 0 Å². The predicted octanol–water partition coefficient (Wildman–Crippen LogP) is 7.72. The summed E-state index contributed by atoms with van der Waals surface area (Å²) in [7, 11) is 0. The van der Waals surface area contributed by atoms with Crippen LogP contribution in [0.5, 0.6) is 17.2 Å². The summed E-state index contributed by atoms with van der Waals surface area (Å²) in [5.74, 6) is -1.81. The van der Waals surface area contributed by atoms with Gasteiger partial charge in [0.1, 0.15) is 17.2 Å². The van der Waals surface area contributed by atoms with Crippen molar-refractivity contribution < 1.29 is 39.5 Å². The van der Waals surface area contributed by atoms with Crippen molar-refractivity contribution >= 4 is 39.6 Å². The van der Waals surface area contributed by atoms with E-state index in [9.17, 15) is 5.48 Å². The first kappa shape index (κ1) is 9.46. The lowest BCUT2D eigenvalue weighted by atomic mass is 9.51. The van der Waals surface area contributed by atoms with E-state index in [4.69, 9.17) is 34.1 Å². The molecule has 0 radical (unpaired) electrons. The molecule has 3 nitrogen and oxygen atoms in total. The van der Waals surface area contributed by atoms with Gasteiger partial charge in [-0.1, -0.05) is 96.7 Å². The Morgan fingerprint density at radius 3 is 2.05 bits per heavy atom. The molecule has 0 spiro atoms. The van der Waals surface area contributed by atoms with Gasteiger partial charge in [0, 0.05) is 33.3 Å². The number of ether oxygens (including phenoxy) is 1. The van der Waals surface area contributed by atoms with Gasteiger partial charge in [-0.05, 0) is 46.9 Å². The largest absolute Gasteiger partial charge is 0.551 e. The van der Waals surface area contributed by atoms with Crippen molar-refractivity contribution in [3.63, 3.8) is 0 Å². The first-order valence-corrected chi connectivity index (χ1v) is 11.8. The summed E-state index contributed by atoms with van der Waals surface area (Å²) in [4.78, 5) is 0. The summed E-state index contributed by atoms with van der Waals surface area (Å²) in [5, 5.41) is -0.812. The molecular formula is C36H22BNO2. The van der Waals surface area contributed by atoms with E-state index in [0.717, 1.165) is 4.57 Å². The second-order valence-corrected chi connectivity index (χ2v) is 8.80. The van der Waals surface area contributed by atoms with E-state index in [-0.39, 0.29) is 10.9 Å². The van der Waals surface area contributed by atoms with Gasteiger partial charge in [-0.15, -0.1) is 0 Å². The van der Waals surface area contributed by atoms with Gasteiger partial charge in [-0.2, -0.15) is 0 Å². The number of rotatable bonds is 2. The summed E-state index contributed by atoms with van der Waals surface area (Å²) in [6, 6.07) is -17.4. The number of fused-ring (bicyclic) bond motifs is 7. The lowest BCUT2D eigenvalue weighted by Gasteiger charge is -2.33. The topological polar surface area (TPSA) is 23.4 Å². The van der Waals surface area contributed by atoms with E-state index in [1.807, 2.05) is 0 Å². The van der Waals surface area contributed by atoms with Gasteiger partial charge in [0.15, 0.2) is 0 Å². The van der Waals surface area contributed by atoms with Gasteiger partial charge in [0.05, 0.1) is 46.9 Å². The van der Waals surface area contributed by atoms with Gasteiger partial charge in [-0.25, -0.2) is 0 Å². The lowest BCUT2D eigenvalue weighted by Crippen LogP contribution is -2.53. The molecule has 0 saturated carbocycles. The third kappa shape index (κ3) is 3.02. The van der Waals surface area contributed by atoms with Gasteiger partial charge in [0.25, 0.3) is 0 Å². The Kier molecular flexibility index (Phi) is 1.93. The Bertz CT molecular complexity index is 3240. The minimum atomic E-state index is -1.78. The minimum Gasteiger partial charge on any atom is -0.551 e. The monoisotopic (exact) mass is 533 g/mol. The number of benzene rings is 6. The molecular weight excluding hydrogens is 489 g/mol. The highest BCUT2D eigenvalue weighted by Gasteiger charge is 2.41. The van der Waals surface area contributed by atoms with E-state index >= 15 is 0 Å². The molecule has 0 aliphatic carbocycles. The molecule has 0 bridgehead atoms. The van der Waals surface area contributed by atoms with E-state index in [1.165, 1.54) is 0 Å². The molecule has 40 heavy (non-hydrogen) atoms. The minimum absolute atomic E-state index is 0.304. The second-order valence-electron chi connectivity index (χ2n) is 8.80. The number of para-hydroxylation sites is 3. The Hall–Kier alpha value is -5.22. The smallest absolute Gasteiger partial charge is 0.434 e. The van der Waals surface area contributed by atoms with Gasteiger partial charge >= 0.3 is 6.92 Å². The van der Waals surface area contributed by atoms with E-state index in [2.05, 4.69) is 0 Å². The first-order valence-electron chi connectivity index (χ1n) is 22.8. The van der Waals surface area contributed by atoms with Crippen LogP contribution in [0.3, 0.4) is 0 Å². The van der Waals surface area contributed by atoms with E-state index in [1.54, 1.807) is 0 Å². The van der Waals surface area contributed by atoms with Crippen LogP contribution in [0.1, 0.15) is 30.2 Å². The average molecular weight is 534 g/mol. The maximum absolute atomic E-state index is 9.89. The first-order chi connectivity index (χ1) is 29.0. The highest BCUT2D eigenvalue weighted by Crippen LogP contribution is 2.43. The molecule has 186 valence electrons. The number of hydrogen-bond donors (Lipinski definition) is 0. The quantitative estimate of drug-likeness (QED) is 0.213. The molecule has 1 aromatic heterocycles. The summed E-state index contributed by atoms with van der Waals surface area (Å²) < 4.78 is 207. The Balaban J connectivity index is 1.53. The van der Waals surface area contributed by atoms with Crippen molar-refractivity contribution in [2.45, 2.75) is 0 Å². The third-order valence-corrected chi connectivity index (χ3v) is 6.67. The zero-order valence-electron chi connectivity index (χ0n) is 41.8. The Morgan fingerprint density at radius 2 is 1.25 bits per heavy atom. The molecule has 0 atom stereocenters. The molecule has 3 heterocycles. The highest BCUT2D eigenvalue weighted by molar-refractivity contribution is 6.84. The van der Waals surface area contributed by atoms with Crippen LogP contribution in [0.15, 0.2) is 133 Å². The maximum atomic E-state index is 9.89. The SMILES string of the molecule is [2H]c1c([2H])c([2H])c(-c2c([2H])c([2H])c3c(c2[2H])OB2c4c([2H])c([2H])c([2H])c([2H])c4Oc4c([2H])c(-n5c6c([2H])c([2H])c([2H])c([2H])c6c6c([2H])c([2H])c([2H])c([2H])c65)c([2H])c-3c42)c([2H])c1[2H]. The summed E-state index contributed by atoms with van der Waals surface area (Å²) in [6.45, 7) is -1.78. The van der Waals surface area contributed by atoms with E-state index in [0.29, 0.717) is 0 Å². The lowest BCUT2D eigenvalue weighted by molar-refractivity contribution is 0.479. The van der Waals surface area contributed by atoms with Crippen LogP contribution in [0.4, 0.5) is 0 Å². The molecule has 2 aliphatic heterocycles. The average Bonchev–Trinajstić information content (AvgIpc) is 3.60. The summed E-state index contributed by atoms with van der Waals surface area (Å²) in [5.41, 5.74) is -4.63. The van der Waals surface area contributed by atoms with Crippen LogP contribution in [0.2, 0.25) is 0 Å². The predicted molar refractivity (Wildman–Crippen MR) is 164 cm³/mol. The fourth-order valence-corrected chi connectivity index (χ4v) is 5.00. The van der Waals surface area contributed by atoms with Crippen LogP contribution in [0, 0.1) is 0 Å². The van der Waals surface area contributed by atoms with E-state index < -0.39 is 207 Å². The van der Waals surface area contributed by atoms with Crippen LogP contribution in [-0.4, -0.2) is 11.5 Å². The normalized spacial score (nSPS) is 20.6. The van der Waals surface area contributed by atoms with Gasteiger partial charge < -0.3 is 14.0 Å². The molecule has 0 amide bonds. The molecule has 0 saturated heterocycles. The summed E-state index contributed by atoms with van der Waals surface area (Å²) >= 11 is 0. The zero-order valence-corrected chi connectivity index (χ0v) is 19.8. The number of aromatic nitrogens is 1. The van der Waals surface area contributed by atoms with Crippen molar-refractivity contribution in [3.8, 4) is 45.2 Å². The maximum Gasteiger partial charge on any atom is 0.434 e.